The third-order valence-corrected chi connectivity index (χ3v) is 8.59. The first-order chi connectivity index (χ1) is 19.1. The number of hydrogen-bond acceptors (Lipinski definition) is 6. The highest BCUT2D eigenvalue weighted by Gasteiger charge is 2.35. The van der Waals surface area contributed by atoms with Gasteiger partial charge >= 0.3 is 6.09 Å². The van der Waals surface area contributed by atoms with Gasteiger partial charge in [0.15, 0.2) is 0 Å². The number of carbonyl (C=O) groups is 3. The van der Waals surface area contributed by atoms with Gasteiger partial charge in [0, 0.05) is 6.54 Å². The van der Waals surface area contributed by atoms with Crippen molar-refractivity contribution in [3.05, 3.63) is 62.6 Å². The summed E-state index contributed by atoms with van der Waals surface area (Å²) in [5.74, 6) is 1.34. The smallest absolute Gasteiger partial charge is 0.404 e. The summed E-state index contributed by atoms with van der Waals surface area (Å²) in [7, 11) is 0. The first kappa shape index (κ1) is 29.5. The lowest BCUT2D eigenvalue weighted by Crippen LogP contribution is -2.42. The fourth-order valence-corrected chi connectivity index (χ4v) is 5.99. The quantitative estimate of drug-likeness (QED) is 0.211. The Labute approximate surface area is 239 Å². The van der Waals surface area contributed by atoms with Crippen LogP contribution < -0.4 is 20.1 Å². The number of benzene rings is 2. The molecular weight excluding hydrogens is 528 g/mol. The van der Waals surface area contributed by atoms with Crippen molar-refractivity contribution in [2.24, 2.45) is 0 Å². The van der Waals surface area contributed by atoms with Crippen LogP contribution in [-0.2, 0) is 17.6 Å². The van der Waals surface area contributed by atoms with Crippen molar-refractivity contribution in [3.63, 3.8) is 0 Å². The number of carbonyl (C=O) groups excluding carboxylic acids is 2. The Kier molecular flexibility index (Phi) is 9.45. The molecule has 2 heterocycles. The molecule has 2 aliphatic heterocycles. The summed E-state index contributed by atoms with van der Waals surface area (Å²) in [6.07, 6.45) is 7.58. The van der Waals surface area contributed by atoms with Crippen molar-refractivity contribution in [2.45, 2.75) is 78.2 Å². The number of carboxylic acid groups (broad SMARTS) is 1. The zero-order valence-electron chi connectivity index (χ0n) is 23.6. The molecule has 214 valence electrons. The van der Waals surface area contributed by atoms with Crippen LogP contribution in [0.1, 0.15) is 72.4 Å². The third kappa shape index (κ3) is 7.18. The predicted octanol–water partition coefficient (Wildman–Crippen LogP) is 6.47. The van der Waals surface area contributed by atoms with E-state index in [0.717, 1.165) is 73.8 Å². The van der Waals surface area contributed by atoms with Gasteiger partial charge in [-0.3, -0.25) is 14.9 Å². The highest BCUT2D eigenvalue weighted by molar-refractivity contribution is 8.18. The second-order valence-electron chi connectivity index (χ2n) is 10.8. The van der Waals surface area contributed by atoms with Gasteiger partial charge in [0.1, 0.15) is 23.7 Å². The van der Waals surface area contributed by atoms with Crippen LogP contribution in [-0.4, -0.2) is 41.1 Å². The van der Waals surface area contributed by atoms with Crippen LogP contribution in [0.3, 0.4) is 0 Å². The minimum atomic E-state index is -0.959. The SMILES string of the molecule is Cc1c(C)c2c(c(C)c1CCCCCCNC(=O)O)CCC(C)(COc1ccc(/C=C3/SC(=O)NC3=O)cc1)O2. The van der Waals surface area contributed by atoms with Crippen molar-refractivity contribution in [3.8, 4) is 11.5 Å². The number of rotatable bonds is 11. The molecule has 2 aromatic carbocycles. The fraction of sp³-hybridized carbons (Fsp3) is 0.452. The molecular formula is C31H38N2O6S. The van der Waals surface area contributed by atoms with E-state index in [1.54, 1.807) is 6.08 Å². The number of amides is 3. The molecule has 2 aromatic rings. The molecule has 0 radical (unpaired) electrons. The topological polar surface area (TPSA) is 114 Å². The van der Waals surface area contributed by atoms with E-state index in [1.807, 2.05) is 24.3 Å². The first-order valence-electron chi connectivity index (χ1n) is 13.8. The van der Waals surface area contributed by atoms with E-state index in [2.05, 4.69) is 38.3 Å². The van der Waals surface area contributed by atoms with Crippen LogP contribution in [0.4, 0.5) is 9.59 Å². The molecule has 0 saturated carbocycles. The molecule has 2 aliphatic rings. The van der Waals surface area contributed by atoms with Crippen molar-refractivity contribution in [1.29, 1.82) is 0 Å². The molecule has 0 aliphatic carbocycles. The van der Waals surface area contributed by atoms with Gasteiger partial charge in [-0.2, -0.15) is 0 Å². The van der Waals surface area contributed by atoms with Crippen LogP contribution in [0.2, 0.25) is 0 Å². The first-order valence-corrected chi connectivity index (χ1v) is 14.6. The van der Waals surface area contributed by atoms with Crippen LogP contribution in [0.15, 0.2) is 29.2 Å². The Morgan fingerprint density at radius 2 is 1.82 bits per heavy atom. The van der Waals surface area contributed by atoms with Crippen molar-refractivity contribution in [2.75, 3.05) is 13.2 Å². The average molecular weight is 567 g/mol. The summed E-state index contributed by atoms with van der Waals surface area (Å²) in [5, 5.41) is 13.0. The van der Waals surface area contributed by atoms with Gasteiger partial charge in [0.25, 0.3) is 11.1 Å². The molecule has 1 saturated heterocycles. The number of fused-ring (bicyclic) bond motifs is 1. The Bertz CT molecular complexity index is 1320. The number of imide groups is 1. The molecule has 3 amide bonds. The lowest BCUT2D eigenvalue weighted by Gasteiger charge is -2.38. The summed E-state index contributed by atoms with van der Waals surface area (Å²) in [6.45, 7) is 9.55. The summed E-state index contributed by atoms with van der Waals surface area (Å²) in [4.78, 5) is 34.1. The van der Waals surface area contributed by atoms with Crippen LogP contribution in [0, 0.1) is 20.8 Å². The molecule has 3 N–H and O–H groups in total. The maximum Gasteiger partial charge on any atom is 0.404 e. The summed E-state index contributed by atoms with van der Waals surface area (Å²) in [5.41, 5.74) is 6.88. The minimum absolute atomic E-state index is 0.352. The molecule has 0 spiro atoms. The van der Waals surface area contributed by atoms with Crippen LogP contribution in [0.5, 0.6) is 11.5 Å². The molecule has 1 atom stereocenters. The predicted molar refractivity (Wildman–Crippen MR) is 157 cm³/mol. The zero-order valence-corrected chi connectivity index (χ0v) is 24.5. The Morgan fingerprint density at radius 3 is 2.50 bits per heavy atom. The minimum Gasteiger partial charge on any atom is -0.489 e. The second kappa shape index (κ2) is 12.8. The van der Waals surface area contributed by atoms with E-state index in [1.165, 1.54) is 27.8 Å². The van der Waals surface area contributed by atoms with Crippen LogP contribution in [0.25, 0.3) is 6.08 Å². The number of unbranched alkanes of at least 4 members (excludes halogenated alkanes) is 3. The number of nitrogens with one attached hydrogen (secondary N) is 2. The van der Waals surface area contributed by atoms with Crippen molar-refractivity contribution < 1.29 is 29.0 Å². The van der Waals surface area contributed by atoms with E-state index >= 15 is 0 Å². The molecule has 1 unspecified atom stereocenters. The number of ether oxygens (including phenoxy) is 2. The lowest BCUT2D eigenvalue weighted by atomic mass is 9.84. The Balaban J connectivity index is 1.34. The largest absolute Gasteiger partial charge is 0.489 e. The average Bonchev–Trinajstić information content (AvgIpc) is 3.23. The third-order valence-electron chi connectivity index (χ3n) is 7.78. The van der Waals surface area contributed by atoms with E-state index in [9.17, 15) is 14.4 Å². The van der Waals surface area contributed by atoms with Gasteiger partial charge in [-0.15, -0.1) is 0 Å². The van der Waals surface area contributed by atoms with Gasteiger partial charge in [-0.1, -0.05) is 25.0 Å². The molecule has 4 rings (SSSR count). The lowest BCUT2D eigenvalue weighted by molar-refractivity contribution is -0.115. The maximum atomic E-state index is 11.8. The molecule has 40 heavy (non-hydrogen) atoms. The Morgan fingerprint density at radius 1 is 1.10 bits per heavy atom. The van der Waals surface area contributed by atoms with Gasteiger partial charge in [0.2, 0.25) is 0 Å². The standard InChI is InChI=1S/C31H38N2O6S/c1-19-20(2)27-25(21(3)24(19)9-7-5-6-8-16-32-29(35)36)14-15-31(4,39-27)18-38-23-12-10-22(11-13-23)17-26-28(34)33-30(37)40-26/h10-13,17,32H,5-9,14-16,18H2,1-4H3,(H,35,36)(H,33,34,37)/b26-17+. The van der Waals surface area contributed by atoms with E-state index < -0.39 is 11.7 Å². The number of hydrogen-bond donors (Lipinski definition) is 3. The summed E-state index contributed by atoms with van der Waals surface area (Å²) >= 11 is 0.903. The number of thioether (sulfide) groups is 1. The van der Waals surface area contributed by atoms with E-state index in [4.69, 9.17) is 14.6 Å². The molecule has 8 nitrogen and oxygen atoms in total. The monoisotopic (exact) mass is 566 g/mol. The summed E-state index contributed by atoms with van der Waals surface area (Å²) < 4.78 is 12.8. The van der Waals surface area contributed by atoms with Crippen molar-refractivity contribution in [1.82, 2.24) is 10.6 Å². The van der Waals surface area contributed by atoms with Crippen LogP contribution >= 0.6 is 11.8 Å². The fourth-order valence-electron chi connectivity index (χ4n) is 5.30. The second-order valence-corrected chi connectivity index (χ2v) is 11.8. The molecule has 9 heteroatoms. The normalized spacial score (nSPS) is 19.2. The summed E-state index contributed by atoms with van der Waals surface area (Å²) in [6, 6.07) is 7.45. The zero-order chi connectivity index (χ0) is 28.9. The highest BCUT2D eigenvalue weighted by Crippen LogP contribution is 2.41. The van der Waals surface area contributed by atoms with Gasteiger partial charge in [0.05, 0.1) is 4.91 Å². The maximum absolute atomic E-state index is 11.8. The molecule has 0 aromatic heterocycles. The van der Waals surface area contributed by atoms with Gasteiger partial charge in [-0.05, 0) is 123 Å². The Hall–Kier alpha value is -3.46. The molecule has 1 fully saturated rings. The molecule has 0 bridgehead atoms. The highest BCUT2D eigenvalue weighted by atomic mass is 32.2. The van der Waals surface area contributed by atoms with Gasteiger partial charge in [-0.25, -0.2) is 4.79 Å². The van der Waals surface area contributed by atoms with E-state index in [-0.39, 0.29) is 11.1 Å². The van der Waals surface area contributed by atoms with E-state index in [0.29, 0.717) is 18.1 Å². The van der Waals surface area contributed by atoms with Gasteiger partial charge < -0.3 is 19.9 Å². The van der Waals surface area contributed by atoms with Crippen molar-refractivity contribution >= 4 is 35.1 Å².